The lowest BCUT2D eigenvalue weighted by Crippen LogP contribution is -2.02. The zero-order valence-electron chi connectivity index (χ0n) is 9.04. The summed E-state index contributed by atoms with van der Waals surface area (Å²) in [6.45, 7) is 0. The standard InChI is InChI=1S/C12H18O3/c1-3-7-11(8-4-1)13-15-14-12-9-5-2-6-10-12/h7,9H,1-6,8,10H2. The molecule has 0 aromatic heterocycles. The molecule has 0 saturated carbocycles. The van der Waals surface area contributed by atoms with Crippen molar-refractivity contribution in [1.29, 1.82) is 0 Å². The van der Waals surface area contributed by atoms with Gasteiger partial charge in [-0.25, -0.2) is 0 Å². The smallest absolute Gasteiger partial charge is 0.142 e. The molecular weight excluding hydrogens is 192 g/mol. The van der Waals surface area contributed by atoms with E-state index in [2.05, 4.69) is 12.2 Å². The Kier molecular flexibility index (Phi) is 4.09. The molecule has 0 saturated heterocycles. The predicted octanol–water partition coefficient (Wildman–Crippen LogP) is 3.78. The highest BCUT2D eigenvalue weighted by Gasteiger charge is 2.08. The maximum atomic E-state index is 5.08. The van der Waals surface area contributed by atoms with Crippen LogP contribution in [0, 0.1) is 0 Å². The first-order valence-electron chi connectivity index (χ1n) is 5.84. The molecule has 0 fully saturated rings. The second kappa shape index (κ2) is 5.81. The first-order chi connectivity index (χ1) is 7.45. The van der Waals surface area contributed by atoms with Crippen LogP contribution in [0.5, 0.6) is 0 Å². The third-order valence-corrected chi connectivity index (χ3v) is 2.78. The largest absolute Gasteiger partial charge is 0.304 e. The Morgan fingerprint density at radius 3 is 1.67 bits per heavy atom. The quantitative estimate of drug-likeness (QED) is 0.522. The summed E-state index contributed by atoms with van der Waals surface area (Å²) in [6.07, 6.45) is 13.1. The van der Waals surface area contributed by atoms with Gasteiger partial charge >= 0.3 is 0 Å². The average Bonchev–Trinajstić information content (AvgIpc) is 2.32. The van der Waals surface area contributed by atoms with Gasteiger partial charge in [-0.1, -0.05) is 0 Å². The highest BCUT2D eigenvalue weighted by molar-refractivity contribution is 4.96. The fourth-order valence-electron chi connectivity index (χ4n) is 1.87. The van der Waals surface area contributed by atoms with E-state index in [9.17, 15) is 0 Å². The van der Waals surface area contributed by atoms with E-state index in [0.29, 0.717) is 0 Å². The van der Waals surface area contributed by atoms with E-state index in [0.717, 1.165) is 37.2 Å². The summed E-state index contributed by atoms with van der Waals surface area (Å²) < 4.78 is 0. The number of hydrogen-bond donors (Lipinski definition) is 0. The molecule has 0 aromatic rings. The Balaban J connectivity index is 1.65. The molecule has 2 rings (SSSR count). The van der Waals surface area contributed by atoms with Crippen molar-refractivity contribution in [3.8, 4) is 0 Å². The van der Waals surface area contributed by atoms with E-state index in [-0.39, 0.29) is 0 Å². The summed E-state index contributed by atoms with van der Waals surface area (Å²) in [7, 11) is 0. The molecule has 0 N–H and O–H groups in total. The minimum absolute atomic E-state index is 0.901. The van der Waals surface area contributed by atoms with Crippen LogP contribution < -0.4 is 0 Å². The maximum absolute atomic E-state index is 5.08. The van der Waals surface area contributed by atoms with Gasteiger partial charge in [0.25, 0.3) is 0 Å². The normalized spacial score (nSPS) is 21.6. The van der Waals surface area contributed by atoms with E-state index in [1.807, 2.05) is 0 Å². The summed E-state index contributed by atoms with van der Waals surface area (Å²) in [5.74, 6) is 1.80. The Morgan fingerprint density at radius 1 is 0.733 bits per heavy atom. The monoisotopic (exact) mass is 210 g/mol. The van der Waals surface area contributed by atoms with Crippen molar-refractivity contribution < 1.29 is 14.8 Å². The van der Waals surface area contributed by atoms with Gasteiger partial charge in [0.2, 0.25) is 0 Å². The Bertz CT molecular complexity index is 230. The zero-order chi connectivity index (χ0) is 10.3. The molecule has 0 unspecified atom stereocenters. The second-order valence-corrected chi connectivity index (χ2v) is 4.07. The van der Waals surface area contributed by atoms with Crippen molar-refractivity contribution in [3.63, 3.8) is 0 Å². The van der Waals surface area contributed by atoms with Gasteiger partial charge in [0.15, 0.2) is 0 Å². The van der Waals surface area contributed by atoms with E-state index in [1.165, 1.54) is 25.7 Å². The van der Waals surface area contributed by atoms with Crippen molar-refractivity contribution in [2.45, 2.75) is 51.4 Å². The van der Waals surface area contributed by atoms with E-state index in [4.69, 9.17) is 14.8 Å². The SMILES string of the molecule is C1=C(OOOC2=CCCCC2)CCCC1. The minimum Gasteiger partial charge on any atom is -0.304 e. The molecule has 2 aliphatic rings. The zero-order valence-corrected chi connectivity index (χ0v) is 9.04. The van der Waals surface area contributed by atoms with E-state index in [1.54, 1.807) is 0 Å². The first kappa shape index (κ1) is 10.6. The highest BCUT2D eigenvalue weighted by atomic mass is 17.5. The molecule has 84 valence electrons. The highest BCUT2D eigenvalue weighted by Crippen LogP contribution is 2.21. The summed E-state index contributed by atoms with van der Waals surface area (Å²) in [4.78, 5) is 10.2. The fourth-order valence-corrected chi connectivity index (χ4v) is 1.87. The lowest BCUT2D eigenvalue weighted by atomic mass is 10.1. The van der Waals surface area contributed by atoms with Crippen LogP contribution in [0.1, 0.15) is 51.4 Å². The van der Waals surface area contributed by atoms with Gasteiger partial charge in [-0.15, -0.1) is 0 Å². The minimum atomic E-state index is 0.901. The van der Waals surface area contributed by atoms with Gasteiger partial charge in [-0.2, -0.15) is 0 Å². The molecule has 0 bridgehead atoms. The summed E-state index contributed by atoms with van der Waals surface area (Å²) in [5, 5.41) is 4.78. The van der Waals surface area contributed by atoms with Crippen molar-refractivity contribution in [3.05, 3.63) is 23.7 Å². The molecular formula is C12H18O3. The topological polar surface area (TPSA) is 27.7 Å². The van der Waals surface area contributed by atoms with Crippen LogP contribution in [0.2, 0.25) is 0 Å². The van der Waals surface area contributed by atoms with Crippen molar-refractivity contribution in [2.75, 3.05) is 0 Å². The van der Waals surface area contributed by atoms with Gasteiger partial charge in [0.1, 0.15) is 11.5 Å². The van der Waals surface area contributed by atoms with Crippen LogP contribution in [0.25, 0.3) is 0 Å². The summed E-state index contributed by atoms with van der Waals surface area (Å²) in [6, 6.07) is 0. The molecule has 0 atom stereocenters. The second-order valence-electron chi connectivity index (χ2n) is 4.07. The van der Waals surface area contributed by atoms with Gasteiger partial charge in [0, 0.05) is 17.9 Å². The third kappa shape index (κ3) is 3.59. The molecule has 3 heteroatoms. The molecule has 3 nitrogen and oxygen atoms in total. The van der Waals surface area contributed by atoms with Crippen LogP contribution in [0.15, 0.2) is 23.7 Å². The molecule has 0 aliphatic heterocycles. The van der Waals surface area contributed by atoms with Crippen LogP contribution in [0.4, 0.5) is 0 Å². The number of allylic oxidation sites excluding steroid dienone is 4. The van der Waals surface area contributed by atoms with Gasteiger partial charge in [-0.3, -0.25) is 0 Å². The fraction of sp³-hybridized carbons (Fsp3) is 0.667. The molecule has 0 heterocycles. The van der Waals surface area contributed by atoms with Crippen LogP contribution >= 0.6 is 0 Å². The number of hydrogen-bond acceptors (Lipinski definition) is 3. The Morgan fingerprint density at radius 2 is 1.27 bits per heavy atom. The molecule has 0 spiro atoms. The van der Waals surface area contributed by atoms with Gasteiger partial charge in [-0.05, 0) is 50.7 Å². The molecule has 15 heavy (non-hydrogen) atoms. The third-order valence-electron chi connectivity index (χ3n) is 2.78. The maximum Gasteiger partial charge on any atom is 0.142 e. The van der Waals surface area contributed by atoms with Crippen molar-refractivity contribution in [2.24, 2.45) is 0 Å². The van der Waals surface area contributed by atoms with Gasteiger partial charge in [0.05, 0.1) is 0 Å². The van der Waals surface area contributed by atoms with Crippen molar-refractivity contribution in [1.82, 2.24) is 0 Å². The van der Waals surface area contributed by atoms with Crippen molar-refractivity contribution >= 4 is 0 Å². The lowest BCUT2D eigenvalue weighted by Gasteiger charge is -2.14. The average molecular weight is 210 g/mol. The first-order valence-corrected chi connectivity index (χ1v) is 5.84. The molecule has 0 aromatic carbocycles. The van der Waals surface area contributed by atoms with E-state index < -0.39 is 0 Å². The molecule has 0 radical (unpaired) electrons. The molecule has 2 aliphatic carbocycles. The molecule has 0 amide bonds. The summed E-state index contributed by atoms with van der Waals surface area (Å²) in [5.41, 5.74) is 0. The van der Waals surface area contributed by atoms with Crippen LogP contribution in [-0.4, -0.2) is 0 Å². The Hall–Kier alpha value is -0.960. The van der Waals surface area contributed by atoms with Crippen LogP contribution in [-0.2, 0) is 14.8 Å². The Labute approximate surface area is 90.6 Å². The van der Waals surface area contributed by atoms with Crippen LogP contribution in [0.3, 0.4) is 0 Å². The van der Waals surface area contributed by atoms with E-state index >= 15 is 0 Å². The van der Waals surface area contributed by atoms with Gasteiger partial charge < -0.3 is 9.78 Å². The number of rotatable bonds is 4. The lowest BCUT2D eigenvalue weighted by molar-refractivity contribution is -0.480. The summed E-state index contributed by atoms with van der Waals surface area (Å²) >= 11 is 0. The predicted molar refractivity (Wildman–Crippen MR) is 56.4 cm³/mol.